The van der Waals surface area contributed by atoms with E-state index in [2.05, 4.69) is 25.8 Å². The van der Waals surface area contributed by atoms with Gasteiger partial charge in [0, 0.05) is 11.6 Å². The molecule has 140 valence electrons. The van der Waals surface area contributed by atoms with Crippen molar-refractivity contribution >= 4 is 6.09 Å². The molecule has 1 unspecified atom stereocenters. The van der Waals surface area contributed by atoms with Crippen molar-refractivity contribution in [2.24, 2.45) is 5.41 Å². The molecule has 1 aliphatic heterocycles. The first-order valence-electron chi connectivity index (χ1n) is 8.73. The molecule has 2 rings (SSSR count). The number of rotatable bonds is 2. The molecule has 1 amide bonds. The highest BCUT2D eigenvalue weighted by Gasteiger charge is 2.27. The number of fused-ring (bicyclic) bond motifs is 1. The van der Waals surface area contributed by atoms with Gasteiger partial charge in [-0.3, -0.25) is 0 Å². The van der Waals surface area contributed by atoms with Gasteiger partial charge < -0.3 is 19.1 Å². The van der Waals surface area contributed by atoms with Crippen LogP contribution in [-0.4, -0.2) is 40.8 Å². The summed E-state index contributed by atoms with van der Waals surface area (Å²) in [7, 11) is 0. The first kappa shape index (κ1) is 19.3. The minimum atomic E-state index is -0.522. The lowest BCUT2D eigenvalue weighted by atomic mass is 9.90. The van der Waals surface area contributed by atoms with E-state index in [4.69, 9.17) is 14.2 Å². The lowest BCUT2D eigenvalue weighted by molar-refractivity contribution is 0.0225. The number of carbonyl (C=O) groups excluding carboxylic acids is 1. The number of amides is 1. The molecule has 1 aromatic rings. The molecule has 25 heavy (non-hydrogen) atoms. The maximum atomic E-state index is 12.3. The van der Waals surface area contributed by atoms with Crippen molar-refractivity contribution in [3.8, 4) is 11.8 Å². The van der Waals surface area contributed by atoms with Gasteiger partial charge in [0.2, 0.25) is 11.8 Å². The molecule has 0 N–H and O–H groups in total. The summed E-state index contributed by atoms with van der Waals surface area (Å²) in [5.41, 5.74) is 0.341. The van der Waals surface area contributed by atoms with E-state index in [1.165, 1.54) is 0 Å². The van der Waals surface area contributed by atoms with Crippen LogP contribution in [0.1, 0.15) is 54.0 Å². The van der Waals surface area contributed by atoms with Gasteiger partial charge in [-0.25, -0.2) is 4.79 Å². The third-order valence-electron chi connectivity index (χ3n) is 4.04. The van der Waals surface area contributed by atoms with Crippen LogP contribution in [-0.2, 0) is 11.3 Å². The quantitative estimate of drug-likeness (QED) is 0.806. The summed E-state index contributed by atoms with van der Waals surface area (Å²) in [5, 5.41) is 0. The Kier molecular flexibility index (Phi) is 5.49. The lowest BCUT2D eigenvalue weighted by Gasteiger charge is -2.27. The maximum Gasteiger partial charge on any atom is 0.410 e. The topological polar surface area (TPSA) is 60.9 Å². The Hall–Kier alpha value is -1.98. The van der Waals surface area contributed by atoms with Gasteiger partial charge >= 0.3 is 6.09 Å². The zero-order valence-electron chi connectivity index (χ0n) is 16.4. The summed E-state index contributed by atoms with van der Waals surface area (Å²) >= 11 is 0. The average Bonchev–Trinajstić information content (AvgIpc) is 2.66. The lowest BCUT2D eigenvalue weighted by Crippen LogP contribution is -2.37. The van der Waals surface area contributed by atoms with Gasteiger partial charge in [0.25, 0.3) is 0 Å². The SMILES string of the molecule is CC(Oc1ccc2c(n1)OCCN(C(=O)OC(C)(C)C)C2)C(C)(C)C. The molecule has 0 radical (unpaired) electrons. The summed E-state index contributed by atoms with van der Waals surface area (Å²) in [4.78, 5) is 18.4. The van der Waals surface area contributed by atoms with Crippen molar-refractivity contribution in [3.05, 3.63) is 17.7 Å². The summed E-state index contributed by atoms with van der Waals surface area (Å²) in [6.45, 7) is 15.2. The third kappa shape index (κ3) is 5.51. The molecule has 0 saturated heterocycles. The summed E-state index contributed by atoms with van der Waals surface area (Å²) in [5.74, 6) is 1.05. The van der Waals surface area contributed by atoms with Crippen LogP contribution < -0.4 is 9.47 Å². The van der Waals surface area contributed by atoms with Crippen molar-refractivity contribution in [1.82, 2.24) is 9.88 Å². The monoisotopic (exact) mass is 350 g/mol. The Morgan fingerprint density at radius 3 is 2.52 bits per heavy atom. The van der Waals surface area contributed by atoms with Crippen LogP contribution in [0.2, 0.25) is 0 Å². The normalized spacial score (nSPS) is 16.4. The van der Waals surface area contributed by atoms with Crippen molar-refractivity contribution in [3.63, 3.8) is 0 Å². The van der Waals surface area contributed by atoms with Crippen LogP contribution >= 0.6 is 0 Å². The molecule has 0 fully saturated rings. The number of hydrogen-bond donors (Lipinski definition) is 0. The van der Waals surface area contributed by atoms with Crippen LogP contribution in [0.4, 0.5) is 4.79 Å². The summed E-state index contributed by atoms with van der Waals surface area (Å²) in [6, 6.07) is 3.72. The van der Waals surface area contributed by atoms with Crippen LogP contribution in [0, 0.1) is 5.41 Å². The van der Waals surface area contributed by atoms with Crippen LogP contribution in [0.5, 0.6) is 11.8 Å². The van der Waals surface area contributed by atoms with Gasteiger partial charge in [0.15, 0.2) is 0 Å². The zero-order chi connectivity index (χ0) is 18.8. The van der Waals surface area contributed by atoms with Gasteiger partial charge in [-0.1, -0.05) is 20.8 Å². The Morgan fingerprint density at radius 1 is 1.24 bits per heavy atom. The average molecular weight is 350 g/mol. The molecule has 2 heterocycles. The second-order valence-electron chi connectivity index (χ2n) is 8.49. The predicted molar refractivity (Wildman–Crippen MR) is 95.9 cm³/mol. The van der Waals surface area contributed by atoms with E-state index in [9.17, 15) is 4.79 Å². The van der Waals surface area contributed by atoms with E-state index in [-0.39, 0.29) is 17.6 Å². The van der Waals surface area contributed by atoms with Crippen molar-refractivity contribution < 1.29 is 19.0 Å². The van der Waals surface area contributed by atoms with Crippen molar-refractivity contribution in [1.29, 1.82) is 0 Å². The van der Waals surface area contributed by atoms with E-state index in [1.54, 1.807) is 4.90 Å². The highest BCUT2D eigenvalue weighted by atomic mass is 16.6. The number of nitrogens with zero attached hydrogens (tertiary/aromatic N) is 2. The van der Waals surface area contributed by atoms with Gasteiger partial charge in [0.1, 0.15) is 18.3 Å². The van der Waals surface area contributed by atoms with Crippen molar-refractivity contribution in [2.75, 3.05) is 13.2 Å². The van der Waals surface area contributed by atoms with Gasteiger partial charge in [-0.15, -0.1) is 0 Å². The molecule has 0 aromatic carbocycles. The van der Waals surface area contributed by atoms with Gasteiger partial charge in [0.05, 0.1) is 13.1 Å². The smallest absolute Gasteiger partial charge is 0.410 e. The first-order valence-corrected chi connectivity index (χ1v) is 8.73. The highest BCUT2D eigenvalue weighted by Crippen LogP contribution is 2.28. The molecule has 1 atom stereocenters. The Balaban J connectivity index is 2.11. The number of ether oxygens (including phenoxy) is 3. The number of pyridine rings is 1. The zero-order valence-corrected chi connectivity index (χ0v) is 16.4. The standard InChI is InChI=1S/C19H30N2O4/c1-13(18(2,3)4)24-15-9-8-14-12-21(10-11-23-16(14)20-15)17(22)25-19(5,6)7/h8-9,13H,10-12H2,1-7H3. The molecular weight excluding hydrogens is 320 g/mol. The van der Waals surface area contributed by atoms with Crippen molar-refractivity contribution in [2.45, 2.75) is 66.7 Å². The number of carbonyl (C=O) groups is 1. The number of hydrogen-bond acceptors (Lipinski definition) is 5. The van der Waals surface area contributed by atoms with E-state index in [1.807, 2.05) is 39.8 Å². The molecule has 0 bridgehead atoms. The highest BCUT2D eigenvalue weighted by molar-refractivity contribution is 5.68. The molecule has 0 saturated carbocycles. The van der Waals surface area contributed by atoms with Crippen LogP contribution in [0.3, 0.4) is 0 Å². The molecule has 1 aromatic heterocycles. The van der Waals surface area contributed by atoms with Crippen LogP contribution in [0.15, 0.2) is 12.1 Å². The minimum absolute atomic E-state index is 0.0158. The Labute approximate surface area is 150 Å². The van der Waals surface area contributed by atoms with Gasteiger partial charge in [-0.2, -0.15) is 4.98 Å². The van der Waals surface area contributed by atoms with E-state index in [0.717, 1.165) is 5.56 Å². The Bertz CT molecular complexity index is 617. The maximum absolute atomic E-state index is 12.3. The van der Waals surface area contributed by atoms with E-state index in [0.29, 0.717) is 31.5 Å². The molecule has 0 spiro atoms. The molecule has 0 aliphatic carbocycles. The largest absolute Gasteiger partial charge is 0.475 e. The predicted octanol–water partition coefficient (Wildman–Crippen LogP) is 4.02. The van der Waals surface area contributed by atoms with E-state index >= 15 is 0 Å². The van der Waals surface area contributed by atoms with Gasteiger partial charge in [-0.05, 0) is 39.2 Å². The number of aromatic nitrogens is 1. The minimum Gasteiger partial charge on any atom is -0.475 e. The summed E-state index contributed by atoms with van der Waals surface area (Å²) < 4.78 is 17.1. The summed E-state index contributed by atoms with van der Waals surface area (Å²) in [6.07, 6.45) is -0.326. The molecule has 6 nitrogen and oxygen atoms in total. The fourth-order valence-electron chi connectivity index (χ4n) is 2.14. The molecule has 6 heteroatoms. The second-order valence-corrected chi connectivity index (χ2v) is 8.49. The third-order valence-corrected chi connectivity index (χ3v) is 4.04. The fourth-order valence-corrected chi connectivity index (χ4v) is 2.14. The molecular formula is C19H30N2O4. The van der Waals surface area contributed by atoms with Crippen LogP contribution in [0.25, 0.3) is 0 Å². The molecule has 1 aliphatic rings. The fraction of sp³-hybridized carbons (Fsp3) is 0.684. The first-order chi connectivity index (χ1) is 11.5. The Morgan fingerprint density at radius 2 is 1.92 bits per heavy atom. The van der Waals surface area contributed by atoms with E-state index < -0.39 is 5.60 Å². The second kappa shape index (κ2) is 7.10.